The van der Waals surface area contributed by atoms with E-state index < -0.39 is 0 Å². The molecule has 3 N–H and O–H groups in total. The number of thiophene rings is 1. The van der Waals surface area contributed by atoms with E-state index in [4.69, 9.17) is 17.3 Å². The number of hydrogen-bond acceptors (Lipinski definition) is 4. The molecule has 2 atom stereocenters. The van der Waals surface area contributed by atoms with Crippen LogP contribution in [-0.2, 0) is 11.2 Å². The third-order valence-electron chi connectivity index (χ3n) is 3.59. The van der Waals surface area contributed by atoms with Gasteiger partial charge in [0.25, 0.3) is 0 Å². The van der Waals surface area contributed by atoms with Crippen LogP contribution < -0.4 is 11.1 Å². The fraction of sp³-hybridized carbons (Fsp3) is 0.643. The van der Waals surface area contributed by atoms with Crippen LogP contribution in [0.2, 0.25) is 4.34 Å². The molecule has 2 rings (SSSR count). The maximum absolute atomic E-state index is 10.9. The molecule has 0 aliphatic carbocycles. The number of rotatable bonds is 5. The Bertz CT molecular complexity index is 451. The average molecular weight is 316 g/mol. The molecule has 0 bridgehead atoms. The Kier molecular flexibility index (Phi) is 5.84. The molecule has 0 aromatic carbocycles. The van der Waals surface area contributed by atoms with Crippen LogP contribution in [-0.4, -0.2) is 43.0 Å². The van der Waals surface area contributed by atoms with Crippen molar-refractivity contribution in [1.29, 1.82) is 0 Å². The van der Waals surface area contributed by atoms with Crippen LogP contribution in [0.3, 0.4) is 0 Å². The monoisotopic (exact) mass is 315 g/mol. The summed E-state index contributed by atoms with van der Waals surface area (Å²) in [7, 11) is 0. The minimum atomic E-state index is 0.0239. The van der Waals surface area contributed by atoms with Gasteiger partial charge in [0.15, 0.2) is 0 Å². The summed E-state index contributed by atoms with van der Waals surface area (Å²) in [4.78, 5) is 13.2. The van der Waals surface area contributed by atoms with E-state index in [9.17, 15) is 4.79 Å². The standard InChI is InChI=1S/C14H22ClN3OS/c1-10(19)17-2-3-18-7-11(5-13(16)8-18)4-12-6-14(15)20-9-12/h6,9,11,13H,2-5,7-8,16H2,1H3,(H,17,19). The number of nitrogens with zero attached hydrogens (tertiary/aromatic N) is 1. The minimum absolute atomic E-state index is 0.0239. The summed E-state index contributed by atoms with van der Waals surface area (Å²) in [5, 5.41) is 4.97. The van der Waals surface area contributed by atoms with Crippen LogP contribution >= 0.6 is 22.9 Å². The van der Waals surface area contributed by atoms with Crippen LogP contribution in [0.15, 0.2) is 11.4 Å². The van der Waals surface area contributed by atoms with Gasteiger partial charge in [-0.2, -0.15) is 0 Å². The molecule has 1 aromatic heterocycles. The molecular formula is C14H22ClN3OS. The van der Waals surface area contributed by atoms with Crippen molar-refractivity contribution in [2.75, 3.05) is 26.2 Å². The van der Waals surface area contributed by atoms with Gasteiger partial charge in [0.05, 0.1) is 4.34 Å². The van der Waals surface area contributed by atoms with Crippen molar-refractivity contribution in [3.05, 3.63) is 21.3 Å². The van der Waals surface area contributed by atoms with Gasteiger partial charge in [-0.05, 0) is 35.8 Å². The Labute approximate surface area is 129 Å². The Morgan fingerprint density at radius 3 is 3.05 bits per heavy atom. The summed E-state index contributed by atoms with van der Waals surface area (Å²) in [5.74, 6) is 0.595. The molecule has 20 heavy (non-hydrogen) atoms. The third-order valence-corrected chi connectivity index (χ3v) is 4.73. The van der Waals surface area contributed by atoms with Crippen molar-refractivity contribution < 1.29 is 4.79 Å². The van der Waals surface area contributed by atoms with E-state index in [1.54, 1.807) is 18.3 Å². The summed E-state index contributed by atoms with van der Waals surface area (Å²) in [6, 6.07) is 2.27. The summed E-state index contributed by atoms with van der Waals surface area (Å²) in [6.07, 6.45) is 2.09. The molecule has 4 nitrogen and oxygen atoms in total. The predicted molar refractivity (Wildman–Crippen MR) is 84.2 cm³/mol. The van der Waals surface area contributed by atoms with Crippen LogP contribution in [0.1, 0.15) is 18.9 Å². The fourth-order valence-corrected chi connectivity index (χ4v) is 3.78. The van der Waals surface area contributed by atoms with Crippen LogP contribution in [0.25, 0.3) is 0 Å². The SMILES string of the molecule is CC(=O)NCCN1CC(N)CC(Cc2csc(Cl)c2)C1. The first kappa shape index (κ1) is 15.8. The molecule has 1 fully saturated rings. The number of nitrogens with one attached hydrogen (secondary N) is 1. The van der Waals surface area contributed by atoms with E-state index in [0.29, 0.717) is 12.5 Å². The van der Waals surface area contributed by atoms with Crippen molar-refractivity contribution in [2.24, 2.45) is 11.7 Å². The molecule has 1 aromatic rings. The zero-order chi connectivity index (χ0) is 14.5. The number of amides is 1. The molecule has 1 aliphatic rings. The molecule has 1 amide bonds. The highest BCUT2D eigenvalue weighted by Gasteiger charge is 2.25. The van der Waals surface area contributed by atoms with Gasteiger partial charge in [-0.15, -0.1) is 11.3 Å². The molecule has 0 spiro atoms. The number of hydrogen-bond donors (Lipinski definition) is 2. The Hall–Kier alpha value is -0.620. The molecule has 1 saturated heterocycles. The molecule has 2 heterocycles. The smallest absolute Gasteiger partial charge is 0.216 e. The number of halogens is 1. The van der Waals surface area contributed by atoms with Crippen LogP contribution in [0, 0.1) is 5.92 Å². The lowest BCUT2D eigenvalue weighted by molar-refractivity contribution is -0.119. The van der Waals surface area contributed by atoms with Crippen LogP contribution in [0.5, 0.6) is 0 Å². The number of carbonyl (C=O) groups excluding carboxylic acids is 1. The molecule has 2 unspecified atom stereocenters. The Morgan fingerprint density at radius 1 is 1.60 bits per heavy atom. The fourth-order valence-electron chi connectivity index (χ4n) is 2.86. The summed E-state index contributed by atoms with van der Waals surface area (Å²) < 4.78 is 0.850. The molecule has 1 aliphatic heterocycles. The largest absolute Gasteiger partial charge is 0.355 e. The van der Waals surface area contributed by atoms with E-state index in [1.807, 2.05) is 6.07 Å². The van der Waals surface area contributed by atoms with E-state index in [-0.39, 0.29) is 11.9 Å². The molecule has 0 saturated carbocycles. The van der Waals surface area contributed by atoms with Gasteiger partial charge in [-0.3, -0.25) is 9.69 Å². The van der Waals surface area contributed by atoms with Gasteiger partial charge in [0, 0.05) is 39.1 Å². The first-order valence-electron chi connectivity index (χ1n) is 6.98. The van der Waals surface area contributed by atoms with Crippen LogP contribution in [0.4, 0.5) is 0 Å². The number of carbonyl (C=O) groups is 1. The van der Waals surface area contributed by atoms with Crippen molar-refractivity contribution >= 4 is 28.8 Å². The van der Waals surface area contributed by atoms with Crippen molar-refractivity contribution in [2.45, 2.75) is 25.8 Å². The van der Waals surface area contributed by atoms with Gasteiger partial charge in [0.1, 0.15) is 0 Å². The predicted octanol–water partition coefficient (Wildman–Crippen LogP) is 1.73. The van der Waals surface area contributed by atoms with Gasteiger partial charge in [0.2, 0.25) is 5.91 Å². The van der Waals surface area contributed by atoms with E-state index in [1.165, 1.54) is 5.56 Å². The highest BCUT2D eigenvalue weighted by Crippen LogP contribution is 2.25. The summed E-state index contributed by atoms with van der Waals surface area (Å²) in [6.45, 7) is 5.07. The third kappa shape index (κ3) is 5.05. The molecule has 0 radical (unpaired) electrons. The summed E-state index contributed by atoms with van der Waals surface area (Å²) in [5.41, 5.74) is 7.46. The highest BCUT2D eigenvalue weighted by atomic mass is 35.5. The first-order chi connectivity index (χ1) is 9.52. The lowest BCUT2D eigenvalue weighted by atomic mass is 9.90. The highest BCUT2D eigenvalue weighted by molar-refractivity contribution is 7.14. The van der Waals surface area contributed by atoms with Crippen molar-refractivity contribution in [1.82, 2.24) is 10.2 Å². The van der Waals surface area contributed by atoms with Crippen molar-refractivity contribution in [3.8, 4) is 0 Å². The average Bonchev–Trinajstić information content (AvgIpc) is 2.73. The topological polar surface area (TPSA) is 58.4 Å². The van der Waals surface area contributed by atoms with Crippen molar-refractivity contribution in [3.63, 3.8) is 0 Å². The van der Waals surface area contributed by atoms with E-state index >= 15 is 0 Å². The second-order valence-electron chi connectivity index (χ2n) is 5.57. The zero-order valence-corrected chi connectivity index (χ0v) is 13.3. The maximum atomic E-state index is 10.9. The number of likely N-dealkylation sites (tertiary alicyclic amines) is 1. The van der Waals surface area contributed by atoms with E-state index in [0.717, 1.165) is 36.8 Å². The second-order valence-corrected chi connectivity index (χ2v) is 7.11. The lowest BCUT2D eigenvalue weighted by Crippen LogP contribution is -2.49. The maximum Gasteiger partial charge on any atom is 0.216 e. The first-order valence-corrected chi connectivity index (χ1v) is 8.24. The van der Waals surface area contributed by atoms with E-state index in [2.05, 4.69) is 15.6 Å². The number of piperidine rings is 1. The van der Waals surface area contributed by atoms with Gasteiger partial charge in [-0.1, -0.05) is 11.6 Å². The molecule has 6 heteroatoms. The minimum Gasteiger partial charge on any atom is -0.355 e. The van der Waals surface area contributed by atoms with Gasteiger partial charge < -0.3 is 11.1 Å². The zero-order valence-electron chi connectivity index (χ0n) is 11.8. The second kappa shape index (κ2) is 7.41. The molecule has 112 valence electrons. The molecular weight excluding hydrogens is 294 g/mol. The Balaban J connectivity index is 1.82. The lowest BCUT2D eigenvalue weighted by Gasteiger charge is -2.36. The Morgan fingerprint density at radius 2 is 2.40 bits per heavy atom. The number of nitrogens with two attached hydrogens (primary N) is 1. The summed E-state index contributed by atoms with van der Waals surface area (Å²) >= 11 is 7.56. The van der Waals surface area contributed by atoms with Gasteiger partial charge >= 0.3 is 0 Å². The van der Waals surface area contributed by atoms with Gasteiger partial charge in [-0.25, -0.2) is 0 Å². The quantitative estimate of drug-likeness (QED) is 0.870. The normalized spacial score (nSPS) is 23.8.